The van der Waals surface area contributed by atoms with Crippen molar-refractivity contribution < 1.29 is 9.59 Å². The lowest BCUT2D eigenvalue weighted by molar-refractivity contribution is -0.122. The van der Waals surface area contributed by atoms with Crippen molar-refractivity contribution in [1.29, 1.82) is 0 Å². The fourth-order valence-corrected chi connectivity index (χ4v) is 4.71. The predicted molar refractivity (Wildman–Crippen MR) is 168 cm³/mol. The highest BCUT2D eigenvalue weighted by atomic mass is 16.2. The molecule has 0 aromatic heterocycles. The summed E-state index contributed by atoms with van der Waals surface area (Å²) in [4.78, 5) is 23.9. The molecule has 0 aromatic carbocycles. The summed E-state index contributed by atoms with van der Waals surface area (Å²) in [5.74, 6) is 0.327. The number of amides is 2. The SMILES string of the molecule is CCCCCCCCCCCCCCCC(=O)NCCCCCC(=O)NCCCNCCCCNCCCN. The molecule has 6 N–H and O–H groups in total. The first kappa shape index (κ1) is 37.8. The minimum atomic E-state index is 0.144. The zero-order chi connectivity index (χ0) is 28.5. The highest BCUT2D eigenvalue weighted by Gasteiger charge is 2.03. The van der Waals surface area contributed by atoms with E-state index in [9.17, 15) is 9.59 Å². The quantitative estimate of drug-likeness (QED) is 0.0661. The third-order valence-corrected chi connectivity index (χ3v) is 7.28. The summed E-state index contributed by atoms with van der Waals surface area (Å²) in [5, 5.41) is 12.9. The molecule has 0 aliphatic rings. The summed E-state index contributed by atoms with van der Waals surface area (Å²) in [7, 11) is 0. The second-order valence-corrected chi connectivity index (χ2v) is 11.2. The Morgan fingerprint density at radius 2 is 0.795 bits per heavy atom. The van der Waals surface area contributed by atoms with Crippen molar-refractivity contribution in [2.45, 2.75) is 148 Å². The minimum Gasteiger partial charge on any atom is -0.356 e. The van der Waals surface area contributed by atoms with Gasteiger partial charge in [-0.2, -0.15) is 0 Å². The zero-order valence-electron chi connectivity index (χ0n) is 25.9. The molecule has 0 saturated heterocycles. The van der Waals surface area contributed by atoms with Crippen LogP contribution in [0.4, 0.5) is 0 Å². The lowest BCUT2D eigenvalue weighted by Crippen LogP contribution is -2.27. The standard InChI is InChI=1S/C32H67N5O2/c1-2-3-4-5-6-7-8-9-10-11-12-13-15-22-31(38)36-29-17-14-16-23-32(39)37-30-21-28-35-26-19-18-25-34-27-20-24-33/h34-35H,2-30,33H2,1H3,(H,36,38)(H,37,39). The van der Waals surface area contributed by atoms with Crippen molar-refractivity contribution in [3.05, 3.63) is 0 Å². The molecule has 0 aliphatic heterocycles. The van der Waals surface area contributed by atoms with E-state index in [0.29, 0.717) is 12.8 Å². The first-order chi connectivity index (χ1) is 19.2. The maximum atomic E-state index is 12.0. The fourth-order valence-electron chi connectivity index (χ4n) is 4.71. The molecule has 2 amide bonds. The van der Waals surface area contributed by atoms with Crippen LogP contribution < -0.4 is 27.0 Å². The number of unbranched alkanes of at least 4 members (excludes halogenated alkanes) is 15. The van der Waals surface area contributed by atoms with Crippen molar-refractivity contribution >= 4 is 11.8 Å². The molecule has 0 saturated carbocycles. The maximum Gasteiger partial charge on any atom is 0.219 e. The lowest BCUT2D eigenvalue weighted by atomic mass is 10.0. The number of nitrogens with one attached hydrogen (secondary N) is 4. The molecule has 0 fully saturated rings. The number of carbonyl (C=O) groups excluding carboxylic acids is 2. The monoisotopic (exact) mass is 554 g/mol. The van der Waals surface area contributed by atoms with Crippen molar-refractivity contribution in [1.82, 2.24) is 21.3 Å². The summed E-state index contributed by atoms with van der Waals surface area (Å²) in [6.45, 7) is 8.54. The molecule has 39 heavy (non-hydrogen) atoms. The molecule has 0 aromatic rings. The van der Waals surface area contributed by atoms with Crippen LogP contribution in [-0.2, 0) is 9.59 Å². The highest BCUT2D eigenvalue weighted by molar-refractivity contribution is 5.76. The van der Waals surface area contributed by atoms with Crippen LogP contribution in [0.2, 0.25) is 0 Å². The number of hydrogen-bond acceptors (Lipinski definition) is 5. The maximum absolute atomic E-state index is 12.0. The van der Waals surface area contributed by atoms with Gasteiger partial charge in [-0.05, 0) is 77.7 Å². The van der Waals surface area contributed by atoms with Gasteiger partial charge in [-0.3, -0.25) is 9.59 Å². The molecule has 0 radical (unpaired) electrons. The molecule has 0 atom stereocenters. The number of nitrogens with two attached hydrogens (primary N) is 1. The van der Waals surface area contributed by atoms with Crippen molar-refractivity contribution in [3.8, 4) is 0 Å². The second-order valence-electron chi connectivity index (χ2n) is 11.2. The molecule has 7 nitrogen and oxygen atoms in total. The van der Waals surface area contributed by atoms with E-state index in [4.69, 9.17) is 5.73 Å². The molecule has 7 heteroatoms. The van der Waals surface area contributed by atoms with E-state index in [1.165, 1.54) is 89.9 Å². The van der Waals surface area contributed by atoms with Gasteiger partial charge in [-0.25, -0.2) is 0 Å². The van der Waals surface area contributed by atoms with Crippen LogP contribution >= 0.6 is 0 Å². The lowest BCUT2D eigenvalue weighted by Gasteiger charge is -2.08. The molecular weight excluding hydrogens is 486 g/mol. The normalized spacial score (nSPS) is 11.1. The number of rotatable bonds is 32. The molecule has 232 valence electrons. The van der Waals surface area contributed by atoms with E-state index in [0.717, 1.165) is 84.3 Å². The van der Waals surface area contributed by atoms with Crippen LogP contribution in [0, 0.1) is 0 Å². The Labute approximate surface area is 242 Å². The van der Waals surface area contributed by atoms with Crippen molar-refractivity contribution in [3.63, 3.8) is 0 Å². The Hall–Kier alpha value is -1.18. The molecule has 0 bridgehead atoms. The summed E-state index contributed by atoms with van der Waals surface area (Å²) in [5.41, 5.74) is 5.47. The van der Waals surface area contributed by atoms with Gasteiger partial charge in [0.25, 0.3) is 0 Å². The van der Waals surface area contributed by atoms with Crippen LogP contribution in [0.1, 0.15) is 148 Å². The van der Waals surface area contributed by atoms with E-state index >= 15 is 0 Å². The average molecular weight is 554 g/mol. The molecular formula is C32H67N5O2. The Morgan fingerprint density at radius 3 is 1.28 bits per heavy atom. The first-order valence-electron chi connectivity index (χ1n) is 16.9. The summed E-state index contributed by atoms with van der Waals surface area (Å²) < 4.78 is 0. The molecule has 0 unspecified atom stereocenters. The van der Waals surface area contributed by atoms with Gasteiger partial charge in [0, 0.05) is 25.9 Å². The molecule has 0 heterocycles. The van der Waals surface area contributed by atoms with Gasteiger partial charge in [-0.15, -0.1) is 0 Å². The Balaban J connectivity index is 3.26. The van der Waals surface area contributed by atoms with E-state index in [2.05, 4.69) is 28.2 Å². The Morgan fingerprint density at radius 1 is 0.436 bits per heavy atom. The van der Waals surface area contributed by atoms with Gasteiger partial charge in [0.1, 0.15) is 0 Å². The van der Waals surface area contributed by atoms with Crippen LogP contribution in [-0.4, -0.2) is 57.6 Å². The summed E-state index contributed by atoms with van der Waals surface area (Å²) >= 11 is 0. The number of hydrogen-bond donors (Lipinski definition) is 5. The Bertz CT molecular complexity index is 519. The molecule has 0 rings (SSSR count). The van der Waals surface area contributed by atoms with Crippen molar-refractivity contribution in [2.75, 3.05) is 45.8 Å². The van der Waals surface area contributed by atoms with E-state index in [1.807, 2.05) is 0 Å². The van der Waals surface area contributed by atoms with Gasteiger partial charge in [0.2, 0.25) is 11.8 Å². The van der Waals surface area contributed by atoms with Crippen molar-refractivity contribution in [2.24, 2.45) is 5.73 Å². The second kappa shape index (κ2) is 33.0. The van der Waals surface area contributed by atoms with Gasteiger partial charge >= 0.3 is 0 Å². The van der Waals surface area contributed by atoms with Gasteiger partial charge in [0.05, 0.1) is 0 Å². The molecule has 0 spiro atoms. The van der Waals surface area contributed by atoms with E-state index < -0.39 is 0 Å². The summed E-state index contributed by atoms with van der Waals surface area (Å²) in [6, 6.07) is 0. The summed E-state index contributed by atoms with van der Waals surface area (Å²) in [6.07, 6.45) is 25.7. The third-order valence-electron chi connectivity index (χ3n) is 7.28. The van der Waals surface area contributed by atoms with Gasteiger partial charge < -0.3 is 27.0 Å². The van der Waals surface area contributed by atoms with Crippen LogP contribution in [0.25, 0.3) is 0 Å². The Kier molecular flexibility index (Phi) is 32.0. The van der Waals surface area contributed by atoms with E-state index in [-0.39, 0.29) is 11.8 Å². The highest BCUT2D eigenvalue weighted by Crippen LogP contribution is 2.13. The third kappa shape index (κ3) is 32.9. The minimum absolute atomic E-state index is 0.144. The van der Waals surface area contributed by atoms with Gasteiger partial charge in [-0.1, -0.05) is 90.4 Å². The zero-order valence-corrected chi connectivity index (χ0v) is 25.9. The fraction of sp³-hybridized carbons (Fsp3) is 0.938. The van der Waals surface area contributed by atoms with Crippen LogP contribution in [0.5, 0.6) is 0 Å². The predicted octanol–water partition coefficient (Wildman–Crippen LogP) is 5.96. The molecule has 0 aliphatic carbocycles. The first-order valence-corrected chi connectivity index (χ1v) is 16.9. The van der Waals surface area contributed by atoms with Crippen LogP contribution in [0.3, 0.4) is 0 Å². The largest absolute Gasteiger partial charge is 0.356 e. The topological polar surface area (TPSA) is 108 Å². The smallest absolute Gasteiger partial charge is 0.219 e. The van der Waals surface area contributed by atoms with Crippen LogP contribution in [0.15, 0.2) is 0 Å². The van der Waals surface area contributed by atoms with Gasteiger partial charge in [0.15, 0.2) is 0 Å². The average Bonchev–Trinajstić information content (AvgIpc) is 2.93. The van der Waals surface area contributed by atoms with E-state index in [1.54, 1.807) is 0 Å². The number of carbonyl (C=O) groups is 2.